The summed E-state index contributed by atoms with van der Waals surface area (Å²) in [5, 5.41) is 6.67. The van der Waals surface area contributed by atoms with Crippen LogP contribution in [0.1, 0.15) is 19.4 Å². The summed E-state index contributed by atoms with van der Waals surface area (Å²) in [5.41, 5.74) is 5.44. The van der Waals surface area contributed by atoms with Gasteiger partial charge in [-0.1, -0.05) is 48.5 Å². The molecule has 1 aliphatic heterocycles. The normalized spacial score (nSPS) is 19.9. The van der Waals surface area contributed by atoms with Crippen molar-refractivity contribution in [2.75, 3.05) is 18.5 Å². The number of hydrogen-bond acceptors (Lipinski definition) is 7. The highest BCUT2D eigenvalue weighted by atomic mass is 32.2. The van der Waals surface area contributed by atoms with Gasteiger partial charge in [0.1, 0.15) is 0 Å². The Labute approximate surface area is 198 Å². The van der Waals surface area contributed by atoms with E-state index < -0.39 is 10.0 Å². The number of allylic oxidation sites excluding steroid dienone is 1. The Morgan fingerprint density at radius 3 is 2.64 bits per heavy atom. The summed E-state index contributed by atoms with van der Waals surface area (Å²) in [6, 6.07) is 16.9. The second-order valence-corrected chi connectivity index (χ2v) is 10.6. The van der Waals surface area contributed by atoms with Crippen LogP contribution >= 0.6 is 11.3 Å². The van der Waals surface area contributed by atoms with Crippen LogP contribution in [0, 0.1) is 0 Å². The van der Waals surface area contributed by atoms with Gasteiger partial charge in [0.15, 0.2) is 0 Å². The number of hydrazone groups is 1. The van der Waals surface area contributed by atoms with Crippen molar-refractivity contribution in [3.8, 4) is 11.3 Å². The third-order valence-electron chi connectivity index (χ3n) is 5.07. The minimum atomic E-state index is -3.61. The van der Waals surface area contributed by atoms with Crippen LogP contribution in [0.2, 0.25) is 0 Å². The summed E-state index contributed by atoms with van der Waals surface area (Å²) in [4.78, 5) is 4.79. The van der Waals surface area contributed by atoms with E-state index in [4.69, 9.17) is 4.74 Å². The van der Waals surface area contributed by atoms with Crippen molar-refractivity contribution >= 4 is 38.8 Å². The van der Waals surface area contributed by atoms with Gasteiger partial charge < -0.3 is 4.74 Å². The van der Waals surface area contributed by atoms with Gasteiger partial charge in [0.05, 0.1) is 22.8 Å². The summed E-state index contributed by atoms with van der Waals surface area (Å²) in [7, 11) is -3.61. The lowest BCUT2D eigenvalue weighted by Gasteiger charge is -2.34. The predicted molar refractivity (Wildman–Crippen MR) is 134 cm³/mol. The van der Waals surface area contributed by atoms with E-state index in [-0.39, 0.29) is 17.1 Å². The van der Waals surface area contributed by atoms with Gasteiger partial charge >= 0.3 is 0 Å². The number of anilines is 1. The SMILES string of the molecule is CC1CN(S(=O)(=O)c2cccc(-c3csc(NN=CC=Cc4ccccc4)n3)c2)CC(C)O1. The minimum absolute atomic E-state index is 0.137. The molecule has 0 spiro atoms. The third-order valence-corrected chi connectivity index (χ3v) is 7.64. The number of thiazole rings is 1. The first-order chi connectivity index (χ1) is 15.9. The summed E-state index contributed by atoms with van der Waals surface area (Å²) >= 11 is 1.40. The first-order valence-corrected chi connectivity index (χ1v) is 13.0. The molecule has 1 aromatic heterocycles. The molecule has 0 aliphatic carbocycles. The molecule has 172 valence electrons. The summed E-state index contributed by atoms with van der Waals surface area (Å²) in [5.74, 6) is 0. The molecule has 1 N–H and O–H groups in total. The molecule has 0 radical (unpaired) electrons. The first-order valence-electron chi connectivity index (χ1n) is 10.6. The van der Waals surface area contributed by atoms with Crippen LogP contribution in [-0.2, 0) is 14.8 Å². The number of rotatable bonds is 7. The number of nitrogens with one attached hydrogen (secondary N) is 1. The summed E-state index contributed by atoms with van der Waals surface area (Å²) in [6.45, 7) is 4.47. The van der Waals surface area contributed by atoms with E-state index in [9.17, 15) is 8.42 Å². The molecule has 0 amide bonds. The number of benzene rings is 2. The number of morpholine rings is 1. The van der Waals surface area contributed by atoms with Crippen molar-refractivity contribution < 1.29 is 13.2 Å². The second-order valence-electron chi connectivity index (χ2n) is 7.80. The van der Waals surface area contributed by atoms with Gasteiger partial charge in [0, 0.05) is 30.2 Å². The van der Waals surface area contributed by atoms with Crippen molar-refractivity contribution in [1.82, 2.24) is 9.29 Å². The van der Waals surface area contributed by atoms with Crippen LogP contribution in [0.4, 0.5) is 5.13 Å². The van der Waals surface area contributed by atoms with Crippen LogP contribution in [0.5, 0.6) is 0 Å². The molecular weight excluding hydrogens is 456 g/mol. The molecule has 0 saturated carbocycles. The average molecular weight is 483 g/mol. The van der Waals surface area contributed by atoms with Crippen molar-refractivity contribution in [1.29, 1.82) is 0 Å². The molecule has 33 heavy (non-hydrogen) atoms. The summed E-state index contributed by atoms with van der Waals surface area (Å²) < 4.78 is 33.5. The van der Waals surface area contributed by atoms with E-state index in [1.54, 1.807) is 24.4 Å². The molecule has 3 aromatic rings. The number of sulfonamides is 1. The van der Waals surface area contributed by atoms with Gasteiger partial charge in [-0.15, -0.1) is 11.3 Å². The van der Waals surface area contributed by atoms with Gasteiger partial charge in [-0.05, 0) is 37.6 Å². The van der Waals surface area contributed by atoms with Crippen molar-refractivity contribution in [2.45, 2.75) is 31.0 Å². The van der Waals surface area contributed by atoms with Gasteiger partial charge in [0.2, 0.25) is 15.2 Å². The molecule has 1 saturated heterocycles. The number of ether oxygens (including phenoxy) is 1. The van der Waals surface area contributed by atoms with Crippen molar-refractivity contribution in [3.63, 3.8) is 0 Å². The summed E-state index contributed by atoms with van der Waals surface area (Å²) in [6.07, 6.45) is 5.19. The molecule has 2 heterocycles. The fourth-order valence-corrected chi connectivity index (χ4v) is 5.91. The Hall–Kier alpha value is -2.85. The minimum Gasteiger partial charge on any atom is -0.373 e. The predicted octanol–water partition coefficient (Wildman–Crippen LogP) is 4.72. The van der Waals surface area contributed by atoms with E-state index in [1.165, 1.54) is 15.6 Å². The van der Waals surface area contributed by atoms with Crippen molar-refractivity contribution in [3.05, 3.63) is 71.6 Å². The zero-order chi connectivity index (χ0) is 23.3. The topological polar surface area (TPSA) is 83.9 Å². The lowest BCUT2D eigenvalue weighted by atomic mass is 10.2. The Morgan fingerprint density at radius 2 is 1.88 bits per heavy atom. The average Bonchev–Trinajstić information content (AvgIpc) is 3.28. The van der Waals surface area contributed by atoms with Crippen LogP contribution in [-0.4, -0.2) is 49.2 Å². The smallest absolute Gasteiger partial charge is 0.243 e. The molecule has 0 bridgehead atoms. The zero-order valence-corrected chi connectivity index (χ0v) is 20.1. The van der Waals surface area contributed by atoms with E-state index in [2.05, 4.69) is 15.5 Å². The highest BCUT2D eigenvalue weighted by molar-refractivity contribution is 7.89. The number of aromatic nitrogens is 1. The third kappa shape index (κ3) is 5.94. The lowest BCUT2D eigenvalue weighted by Crippen LogP contribution is -2.48. The lowest BCUT2D eigenvalue weighted by molar-refractivity contribution is -0.0440. The van der Waals surface area contributed by atoms with Gasteiger partial charge in [-0.2, -0.15) is 9.41 Å². The molecule has 2 aromatic carbocycles. The molecule has 2 atom stereocenters. The first kappa shape index (κ1) is 23.3. The second kappa shape index (κ2) is 10.4. The van der Waals surface area contributed by atoms with E-state index in [0.717, 1.165) is 11.1 Å². The highest BCUT2D eigenvalue weighted by Crippen LogP contribution is 2.28. The maximum Gasteiger partial charge on any atom is 0.243 e. The van der Waals surface area contributed by atoms with E-state index >= 15 is 0 Å². The highest BCUT2D eigenvalue weighted by Gasteiger charge is 2.32. The van der Waals surface area contributed by atoms with Crippen LogP contribution < -0.4 is 5.43 Å². The molecular formula is C24H26N4O3S2. The van der Waals surface area contributed by atoms with Crippen molar-refractivity contribution in [2.24, 2.45) is 5.10 Å². The van der Waals surface area contributed by atoms with E-state index in [1.807, 2.05) is 67.8 Å². The largest absolute Gasteiger partial charge is 0.373 e. The van der Waals surface area contributed by atoms with Gasteiger partial charge in [0.25, 0.3) is 0 Å². The standard InChI is InChI=1S/C24H26N4O3S2/c1-18-15-28(16-19(2)31-18)33(29,30)22-12-6-11-21(14-22)23-17-32-24(26-23)27-25-13-7-10-20-8-4-3-5-9-20/h3-14,17-19H,15-16H2,1-2H3,(H,26,27). The van der Waals surface area contributed by atoms with Crippen LogP contribution in [0.25, 0.3) is 17.3 Å². The Kier molecular flexibility index (Phi) is 7.34. The molecule has 7 nitrogen and oxygen atoms in total. The maximum absolute atomic E-state index is 13.2. The van der Waals surface area contributed by atoms with E-state index in [0.29, 0.717) is 23.9 Å². The monoisotopic (exact) mass is 482 g/mol. The molecule has 1 fully saturated rings. The molecule has 2 unspecified atom stereocenters. The quantitative estimate of drug-likeness (QED) is 0.389. The Bertz CT molecular complexity index is 1230. The molecule has 1 aliphatic rings. The fraction of sp³-hybridized carbons (Fsp3) is 0.250. The number of hydrogen-bond donors (Lipinski definition) is 1. The molecule has 4 rings (SSSR count). The van der Waals surface area contributed by atoms with Crippen LogP contribution in [0.3, 0.4) is 0 Å². The van der Waals surface area contributed by atoms with Gasteiger partial charge in [-0.3, -0.25) is 5.43 Å². The molecule has 9 heteroatoms. The Balaban J connectivity index is 1.44. The number of nitrogens with zero attached hydrogens (tertiary/aromatic N) is 3. The zero-order valence-electron chi connectivity index (χ0n) is 18.5. The van der Waals surface area contributed by atoms with Crippen LogP contribution in [0.15, 0.2) is 76.1 Å². The van der Waals surface area contributed by atoms with Gasteiger partial charge in [-0.25, -0.2) is 13.4 Å². The fourth-order valence-electron chi connectivity index (χ4n) is 3.60. The Morgan fingerprint density at radius 1 is 1.12 bits per heavy atom. The maximum atomic E-state index is 13.2.